The summed E-state index contributed by atoms with van der Waals surface area (Å²) in [6.45, 7) is 21.2. The van der Waals surface area contributed by atoms with Crippen LogP contribution in [0.25, 0.3) is 0 Å². The van der Waals surface area contributed by atoms with Crippen LogP contribution in [0.5, 0.6) is 0 Å². The zero-order valence-electron chi connectivity index (χ0n) is 36.1. The van der Waals surface area contributed by atoms with Crippen LogP contribution >= 0.6 is 0 Å². The Morgan fingerprint density at radius 3 is 2.02 bits per heavy atom. The number of aldehydes is 1. The van der Waals surface area contributed by atoms with Crippen molar-refractivity contribution in [3.63, 3.8) is 0 Å². The second-order valence-electron chi connectivity index (χ2n) is 16.1. The van der Waals surface area contributed by atoms with E-state index in [1.807, 2.05) is 67.6 Å². The van der Waals surface area contributed by atoms with Crippen molar-refractivity contribution >= 4 is 24.3 Å². The molecule has 11 atom stereocenters. The quantitative estimate of drug-likeness (QED) is 0.100. The van der Waals surface area contributed by atoms with Crippen molar-refractivity contribution in [3.8, 4) is 24.2 Å². The van der Waals surface area contributed by atoms with Gasteiger partial charge in [-0.2, -0.15) is 0 Å². The lowest BCUT2D eigenvalue weighted by atomic mass is 9.84. The smallest absolute Gasteiger partial charge is 0.416 e. The molecule has 2 amide bonds. The van der Waals surface area contributed by atoms with Crippen molar-refractivity contribution in [1.82, 2.24) is 4.90 Å². The van der Waals surface area contributed by atoms with Gasteiger partial charge in [0.2, 0.25) is 5.91 Å². The first-order valence-corrected chi connectivity index (χ1v) is 20.4. The molecule has 9 nitrogen and oxygen atoms in total. The number of benzene rings is 2. The van der Waals surface area contributed by atoms with E-state index in [0.29, 0.717) is 30.8 Å². The second-order valence-corrected chi connectivity index (χ2v) is 16.1. The Morgan fingerprint density at radius 1 is 0.895 bits per heavy atom. The summed E-state index contributed by atoms with van der Waals surface area (Å²) >= 11 is 0. The number of cyclic esters (lactones) is 2. The Balaban J connectivity index is 0.000000324. The molecule has 0 aliphatic carbocycles. The highest BCUT2D eigenvalue weighted by Crippen LogP contribution is 2.27. The number of imide groups is 1. The van der Waals surface area contributed by atoms with Gasteiger partial charge < -0.3 is 23.7 Å². The Morgan fingerprint density at radius 2 is 1.47 bits per heavy atom. The molecule has 312 valence electrons. The van der Waals surface area contributed by atoms with Gasteiger partial charge in [0.15, 0.2) is 6.10 Å². The predicted octanol–water partition coefficient (Wildman–Crippen LogP) is 8.82. The molecule has 4 rings (SSSR count). The van der Waals surface area contributed by atoms with E-state index < -0.39 is 24.0 Å². The maximum atomic E-state index is 12.4. The minimum atomic E-state index is -0.620. The summed E-state index contributed by atoms with van der Waals surface area (Å²) in [6, 6.07) is 19.2. The zero-order valence-corrected chi connectivity index (χ0v) is 36.1. The zero-order chi connectivity index (χ0) is 42.7. The van der Waals surface area contributed by atoms with Crippen LogP contribution < -0.4 is 0 Å². The summed E-state index contributed by atoms with van der Waals surface area (Å²) < 4.78 is 21.8. The Kier molecular flexibility index (Phi) is 21.4. The molecule has 2 heterocycles. The fourth-order valence-electron chi connectivity index (χ4n) is 6.35. The number of methoxy groups -OCH3 is 1. The number of nitrogens with zero attached hydrogens (tertiary/aromatic N) is 1. The van der Waals surface area contributed by atoms with E-state index in [2.05, 4.69) is 66.2 Å². The summed E-state index contributed by atoms with van der Waals surface area (Å²) in [5.41, 5.74) is 2.11. The molecule has 0 spiro atoms. The Bertz CT molecular complexity index is 1630. The van der Waals surface area contributed by atoms with E-state index in [1.165, 1.54) is 0 Å². The van der Waals surface area contributed by atoms with Crippen molar-refractivity contribution < 1.29 is 38.1 Å². The SMILES string of the molecule is C#CC[C@@H](C)[C@H](C)C(C)C.COC(C)[C@@H](C)[C@H](C)CC#C[C@H]1OC(=O)[C@H](C)[C@H]1OCc1ccccc1.C[C@@H](C=O)[C@@H](C)C(=O)N1C(=O)OC[C@H]1Cc1ccccc1. The lowest BCUT2D eigenvalue weighted by molar-refractivity contribution is -0.142. The number of rotatable bonds is 15. The third-order valence-corrected chi connectivity index (χ3v) is 11.7. The van der Waals surface area contributed by atoms with Crippen LogP contribution in [-0.4, -0.2) is 67.2 Å². The van der Waals surface area contributed by atoms with Crippen molar-refractivity contribution in [1.29, 1.82) is 0 Å². The van der Waals surface area contributed by atoms with E-state index in [-0.39, 0.29) is 42.7 Å². The van der Waals surface area contributed by atoms with Gasteiger partial charge in [0, 0.05) is 31.8 Å². The van der Waals surface area contributed by atoms with Gasteiger partial charge >= 0.3 is 12.1 Å². The van der Waals surface area contributed by atoms with Gasteiger partial charge in [-0.3, -0.25) is 9.59 Å². The molecule has 2 aromatic rings. The van der Waals surface area contributed by atoms with Gasteiger partial charge in [-0.15, -0.1) is 12.3 Å². The molecule has 0 radical (unpaired) electrons. The fourth-order valence-corrected chi connectivity index (χ4v) is 6.35. The van der Waals surface area contributed by atoms with Gasteiger partial charge in [0.25, 0.3) is 0 Å². The lowest BCUT2D eigenvalue weighted by Gasteiger charge is -2.24. The number of ether oxygens (including phenoxy) is 4. The van der Waals surface area contributed by atoms with E-state index in [1.54, 1.807) is 21.0 Å². The van der Waals surface area contributed by atoms with Gasteiger partial charge in [0.05, 0.1) is 24.7 Å². The maximum Gasteiger partial charge on any atom is 0.416 e. The third-order valence-electron chi connectivity index (χ3n) is 11.7. The average Bonchev–Trinajstić information content (AvgIpc) is 3.71. The molecular weight excluding hydrogens is 719 g/mol. The number of hydrogen-bond acceptors (Lipinski definition) is 8. The molecular formula is C48H67NO8. The predicted molar refractivity (Wildman–Crippen MR) is 224 cm³/mol. The van der Waals surface area contributed by atoms with Crippen LogP contribution in [-0.2, 0) is 46.4 Å². The van der Waals surface area contributed by atoms with E-state index in [9.17, 15) is 19.2 Å². The molecule has 0 aromatic heterocycles. The molecule has 2 aromatic carbocycles. The number of terminal acetylenes is 1. The van der Waals surface area contributed by atoms with Gasteiger partial charge in [-0.1, -0.05) is 128 Å². The third kappa shape index (κ3) is 15.4. The van der Waals surface area contributed by atoms with E-state index in [4.69, 9.17) is 25.4 Å². The molecule has 0 saturated carbocycles. The van der Waals surface area contributed by atoms with Crippen molar-refractivity contribution in [2.24, 2.45) is 47.3 Å². The van der Waals surface area contributed by atoms with Crippen LogP contribution in [0.2, 0.25) is 0 Å². The monoisotopic (exact) mass is 785 g/mol. The van der Waals surface area contributed by atoms with Crippen LogP contribution in [0.15, 0.2) is 60.7 Å². The largest absolute Gasteiger partial charge is 0.447 e. The number of carbonyl (C=O) groups is 4. The van der Waals surface area contributed by atoms with Crippen molar-refractivity contribution in [2.45, 2.75) is 119 Å². The van der Waals surface area contributed by atoms with Crippen LogP contribution in [0, 0.1) is 71.5 Å². The highest BCUT2D eigenvalue weighted by molar-refractivity contribution is 5.95. The first kappa shape index (κ1) is 48.7. The summed E-state index contributed by atoms with van der Waals surface area (Å²) in [4.78, 5) is 48.2. The molecule has 2 aliphatic heterocycles. The minimum absolute atomic E-state index is 0.193. The first-order chi connectivity index (χ1) is 27.1. The summed E-state index contributed by atoms with van der Waals surface area (Å²) in [5, 5.41) is 0. The molecule has 0 N–H and O–H groups in total. The molecule has 2 fully saturated rings. The first-order valence-electron chi connectivity index (χ1n) is 20.4. The number of carbonyl (C=O) groups excluding carboxylic acids is 4. The molecule has 1 unspecified atom stereocenters. The van der Waals surface area contributed by atoms with E-state index in [0.717, 1.165) is 47.0 Å². The van der Waals surface area contributed by atoms with Crippen molar-refractivity contribution in [2.75, 3.05) is 13.7 Å². The Labute approximate surface area is 342 Å². The standard InChI is InChI=1S/C22H30O4.C16H19NO4.C10H18/c1-15(16(2)18(4)24-5)10-9-13-20-21(17(3)22(23)26-20)25-14-19-11-7-6-8-12-19;1-11(9-18)12(2)15(19)17-14(10-21-16(17)20)8-13-6-4-3-5-7-13;1-6-7-9(4)10(5)8(2)3/h6-8,11-12,15-18,20-21H,10,14H2,1-5H3;3-7,9,11-12,14H,8,10H2,1-2H3;1,8-10H,7H2,2-5H3/t15-,16+,17-,18?,20-,21-;11-,12+,14+;9-,10-/m101/s1. The minimum Gasteiger partial charge on any atom is -0.447 e. The van der Waals surface area contributed by atoms with Crippen LogP contribution in [0.3, 0.4) is 0 Å². The molecule has 2 saturated heterocycles. The van der Waals surface area contributed by atoms with Gasteiger partial charge in [-0.25, -0.2) is 9.69 Å². The van der Waals surface area contributed by atoms with E-state index >= 15 is 0 Å². The average molecular weight is 786 g/mol. The fraction of sp³-hybridized carbons (Fsp3) is 0.583. The van der Waals surface area contributed by atoms with Crippen LogP contribution in [0.4, 0.5) is 4.79 Å². The summed E-state index contributed by atoms with van der Waals surface area (Å²) in [5.74, 6) is 10.1. The number of hydrogen-bond donors (Lipinski definition) is 0. The summed E-state index contributed by atoms with van der Waals surface area (Å²) in [7, 11) is 1.73. The molecule has 2 aliphatic rings. The molecule has 9 heteroatoms. The number of amides is 2. The van der Waals surface area contributed by atoms with Crippen molar-refractivity contribution in [3.05, 3.63) is 71.8 Å². The highest BCUT2D eigenvalue weighted by Gasteiger charge is 2.42. The summed E-state index contributed by atoms with van der Waals surface area (Å²) in [6.07, 6.45) is 6.90. The van der Waals surface area contributed by atoms with Crippen LogP contribution in [0.1, 0.15) is 93.2 Å². The number of esters is 1. The lowest BCUT2D eigenvalue weighted by Crippen LogP contribution is -2.44. The Hall–Kier alpha value is -4.44. The normalized spacial score (nSPS) is 22.3. The van der Waals surface area contributed by atoms with Gasteiger partial charge in [-0.05, 0) is 61.0 Å². The topological polar surface area (TPSA) is 108 Å². The maximum absolute atomic E-state index is 12.4. The van der Waals surface area contributed by atoms with Gasteiger partial charge in [0.1, 0.15) is 19.0 Å². The second kappa shape index (κ2) is 25.0. The molecule has 57 heavy (non-hydrogen) atoms. The molecule has 0 bridgehead atoms. The highest BCUT2D eigenvalue weighted by atomic mass is 16.6.